The van der Waals surface area contributed by atoms with Crippen molar-refractivity contribution in [1.82, 2.24) is 5.32 Å². The summed E-state index contributed by atoms with van der Waals surface area (Å²) in [5.74, 6) is 0.891. The number of hydrogen-bond donors (Lipinski definition) is 1. The zero-order valence-electron chi connectivity index (χ0n) is 11.3. The highest BCUT2D eigenvalue weighted by Crippen LogP contribution is 2.15. The molecule has 0 fully saturated rings. The van der Waals surface area contributed by atoms with Crippen LogP contribution < -0.4 is 10.1 Å². The molecular formula is C15H24ClNO. The van der Waals surface area contributed by atoms with E-state index in [4.69, 9.17) is 16.3 Å². The van der Waals surface area contributed by atoms with Gasteiger partial charge in [-0.3, -0.25) is 0 Å². The highest BCUT2D eigenvalue weighted by molar-refractivity contribution is 6.30. The van der Waals surface area contributed by atoms with Gasteiger partial charge in [0.15, 0.2) is 0 Å². The monoisotopic (exact) mass is 269 g/mol. The minimum absolute atomic E-state index is 0.746. The van der Waals surface area contributed by atoms with Crippen LogP contribution in [0.1, 0.15) is 39.0 Å². The van der Waals surface area contributed by atoms with Crippen LogP contribution in [0.5, 0.6) is 5.75 Å². The predicted molar refractivity (Wildman–Crippen MR) is 78.6 cm³/mol. The van der Waals surface area contributed by atoms with Crippen molar-refractivity contribution in [1.29, 1.82) is 0 Å². The molecule has 0 unspecified atom stereocenters. The van der Waals surface area contributed by atoms with Crippen LogP contribution in [0.3, 0.4) is 0 Å². The molecule has 0 aliphatic carbocycles. The Bertz CT molecular complexity index is 300. The van der Waals surface area contributed by atoms with Crippen LogP contribution in [0.4, 0.5) is 0 Å². The third kappa shape index (κ3) is 7.57. The van der Waals surface area contributed by atoms with Crippen molar-refractivity contribution in [2.45, 2.75) is 39.0 Å². The second kappa shape index (κ2) is 10.2. The van der Waals surface area contributed by atoms with Gasteiger partial charge in [0.1, 0.15) is 5.75 Å². The largest absolute Gasteiger partial charge is 0.494 e. The lowest BCUT2D eigenvalue weighted by atomic mass is 10.2. The summed E-state index contributed by atoms with van der Waals surface area (Å²) in [5, 5.41) is 4.18. The first kappa shape index (κ1) is 15.3. The lowest BCUT2D eigenvalue weighted by Gasteiger charge is -2.07. The van der Waals surface area contributed by atoms with Crippen LogP contribution in [-0.4, -0.2) is 19.7 Å². The normalized spacial score (nSPS) is 10.6. The molecule has 0 radical (unpaired) electrons. The SMILES string of the molecule is CCCCCCNCCCOc1ccc(Cl)cc1. The molecule has 0 aliphatic rings. The van der Waals surface area contributed by atoms with Crippen LogP contribution in [-0.2, 0) is 0 Å². The van der Waals surface area contributed by atoms with Crippen molar-refractivity contribution in [3.05, 3.63) is 29.3 Å². The molecule has 18 heavy (non-hydrogen) atoms. The van der Waals surface area contributed by atoms with Gasteiger partial charge in [-0.2, -0.15) is 0 Å². The Hall–Kier alpha value is -0.730. The van der Waals surface area contributed by atoms with E-state index < -0.39 is 0 Å². The van der Waals surface area contributed by atoms with Crippen molar-refractivity contribution < 1.29 is 4.74 Å². The van der Waals surface area contributed by atoms with Crippen LogP contribution >= 0.6 is 11.6 Å². The maximum Gasteiger partial charge on any atom is 0.119 e. The van der Waals surface area contributed by atoms with Crippen molar-refractivity contribution in [3.8, 4) is 5.75 Å². The Labute approximate surface area is 116 Å². The molecule has 0 atom stereocenters. The molecule has 0 spiro atoms. The highest BCUT2D eigenvalue weighted by Gasteiger charge is 1.94. The summed E-state index contributed by atoms with van der Waals surface area (Å²) in [6.45, 7) is 5.14. The Balaban J connectivity index is 1.91. The van der Waals surface area contributed by atoms with Gasteiger partial charge in [-0.1, -0.05) is 37.8 Å². The molecule has 1 aromatic rings. The maximum absolute atomic E-state index is 5.80. The molecule has 0 saturated heterocycles. The quantitative estimate of drug-likeness (QED) is 0.640. The Morgan fingerprint density at radius 2 is 1.72 bits per heavy atom. The first-order valence-corrected chi connectivity index (χ1v) is 7.30. The molecule has 0 heterocycles. The molecule has 3 heteroatoms. The Kier molecular flexibility index (Phi) is 8.70. The number of nitrogens with one attached hydrogen (secondary N) is 1. The smallest absolute Gasteiger partial charge is 0.119 e. The van der Waals surface area contributed by atoms with Crippen LogP contribution in [0.15, 0.2) is 24.3 Å². The van der Waals surface area contributed by atoms with Gasteiger partial charge >= 0.3 is 0 Å². The summed E-state index contributed by atoms with van der Waals surface area (Å²) in [6.07, 6.45) is 6.31. The van der Waals surface area contributed by atoms with E-state index in [2.05, 4.69) is 12.2 Å². The van der Waals surface area contributed by atoms with E-state index >= 15 is 0 Å². The summed E-state index contributed by atoms with van der Waals surface area (Å²) in [7, 11) is 0. The van der Waals surface area contributed by atoms with E-state index in [1.165, 1.54) is 25.7 Å². The summed E-state index contributed by atoms with van der Waals surface area (Å²) >= 11 is 5.80. The van der Waals surface area contributed by atoms with Gasteiger partial charge in [-0.15, -0.1) is 0 Å². The van der Waals surface area contributed by atoms with Gasteiger partial charge in [0.2, 0.25) is 0 Å². The van der Waals surface area contributed by atoms with E-state index in [1.54, 1.807) is 0 Å². The molecule has 2 nitrogen and oxygen atoms in total. The van der Waals surface area contributed by atoms with Gasteiger partial charge in [-0.05, 0) is 50.2 Å². The molecule has 0 aliphatic heterocycles. The Morgan fingerprint density at radius 1 is 1.00 bits per heavy atom. The van der Waals surface area contributed by atoms with E-state index in [-0.39, 0.29) is 0 Å². The van der Waals surface area contributed by atoms with E-state index in [0.29, 0.717) is 0 Å². The molecule has 0 bridgehead atoms. The minimum Gasteiger partial charge on any atom is -0.494 e. The average Bonchev–Trinajstić information content (AvgIpc) is 2.39. The lowest BCUT2D eigenvalue weighted by Crippen LogP contribution is -2.18. The minimum atomic E-state index is 0.746. The molecule has 0 aromatic heterocycles. The van der Waals surface area contributed by atoms with Gasteiger partial charge < -0.3 is 10.1 Å². The fraction of sp³-hybridized carbons (Fsp3) is 0.600. The van der Waals surface area contributed by atoms with Crippen molar-refractivity contribution in [2.24, 2.45) is 0 Å². The molecule has 0 saturated carbocycles. The number of unbranched alkanes of at least 4 members (excludes halogenated alkanes) is 3. The zero-order chi connectivity index (χ0) is 13.1. The van der Waals surface area contributed by atoms with Crippen molar-refractivity contribution in [3.63, 3.8) is 0 Å². The van der Waals surface area contributed by atoms with Crippen molar-refractivity contribution >= 4 is 11.6 Å². The molecule has 1 rings (SSSR count). The fourth-order valence-corrected chi connectivity index (χ4v) is 1.85. The van der Waals surface area contributed by atoms with Gasteiger partial charge in [-0.25, -0.2) is 0 Å². The number of hydrogen-bond acceptors (Lipinski definition) is 2. The second-order valence-electron chi connectivity index (χ2n) is 4.47. The van der Waals surface area contributed by atoms with Crippen molar-refractivity contribution in [2.75, 3.05) is 19.7 Å². The summed E-state index contributed by atoms with van der Waals surface area (Å²) in [5.41, 5.74) is 0. The first-order chi connectivity index (χ1) is 8.83. The third-order valence-electron chi connectivity index (χ3n) is 2.79. The van der Waals surface area contributed by atoms with Gasteiger partial charge in [0.05, 0.1) is 6.61 Å². The molecule has 0 amide bonds. The van der Waals surface area contributed by atoms with Crippen LogP contribution in [0.25, 0.3) is 0 Å². The van der Waals surface area contributed by atoms with E-state index in [0.717, 1.165) is 36.9 Å². The Morgan fingerprint density at radius 3 is 2.44 bits per heavy atom. The standard InChI is InChI=1S/C15H24ClNO/c1-2-3-4-5-11-17-12-6-13-18-15-9-7-14(16)8-10-15/h7-10,17H,2-6,11-13H2,1H3. The van der Waals surface area contributed by atoms with Crippen LogP contribution in [0, 0.1) is 0 Å². The maximum atomic E-state index is 5.80. The summed E-state index contributed by atoms with van der Waals surface area (Å²) < 4.78 is 5.61. The molecule has 1 N–H and O–H groups in total. The molecular weight excluding hydrogens is 246 g/mol. The zero-order valence-corrected chi connectivity index (χ0v) is 12.0. The van der Waals surface area contributed by atoms with Crippen LogP contribution in [0.2, 0.25) is 5.02 Å². The average molecular weight is 270 g/mol. The van der Waals surface area contributed by atoms with Gasteiger partial charge in [0.25, 0.3) is 0 Å². The number of ether oxygens (including phenoxy) is 1. The molecule has 1 aromatic carbocycles. The summed E-state index contributed by atoms with van der Waals surface area (Å²) in [4.78, 5) is 0. The molecule has 102 valence electrons. The topological polar surface area (TPSA) is 21.3 Å². The lowest BCUT2D eigenvalue weighted by molar-refractivity contribution is 0.308. The number of benzene rings is 1. The van der Waals surface area contributed by atoms with E-state index in [1.807, 2.05) is 24.3 Å². The third-order valence-corrected chi connectivity index (χ3v) is 3.04. The number of halogens is 1. The fourth-order valence-electron chi connectivity index (χ4n) is 1.72. The second-order valence-corrected chi connectivity index (χ2v) is 4.90. The predicted octanol–water partition coefficient (Wildman–Crippen LogP) is 4.28. The van der Waals surface area contributed by atoms with E-state index in [9.17, 15) is 0 Å². The first-order valence-electron chi connectivity index (χ1n) is 6.92. The highest BCUT2D eigenvalue weighted by atomic mass is 35.5. The van der Waals surface area contributed by atoms with Gasteiger partial charge in [0, 0.05) is 5.02 Å². The number of rotatable bonds is 10. The summed E-state index contributed by atoms with van der Waals surface area (Å²) in [6, 6.07) is 7.51.